The molecule has 4 heteroatoms. The van der Waals surface area contributed by atoms with Crippen LogP contribution in [-0.4, -0.2) is 6.61 Å². The molecule has 0 spiro atoms. The lowest BCUT2D eigenvalue weighted by molar-refractivity contribution is 0.340. The first-order valence-electron chi connectivity index (χ1n) is 5.92. The van der Waals surface area contributed by atoms with Crippen LogP contribution in [0, 0.1) is 11.3 Å². The molecule has 0 saturated carbocycles. The Morgan fingerprint density at radius 1 is 1.16 bits per heavy atom. The Bertz CT molecular complexity index is 603. The van der Waals surface area contributed by atoms with Crippen molar-refractivity contribution in [1.29, 1.82) is 5.26 Å². The van der Waals surface area contributed by atoms with Crippen LogP contribution in [0.4, 0.5) is 11.4 Å². The van der Waals surface area contributed by atoms with Crippen LogP contribution >= 0.6 is 15.9 Å². The third-order valence-electron chi connectivity index (χ3n) is 2.48. The minimum atomic E-state index is 0.614. The highest BCUT2D eigenvalue weighted by molar-refractivity contribution is 9.10. The van der Waals surface area contributed by atoms with E-state index >= 15 is 0 Å². The second-order valence-corrected chi connectivity index (χ2v) is 4.84. The maximum absolute atomic E-state index is 8.93. The van der Waals surface area contributed by atoms with Gasteiger partial charge in [-0.05, 0) is 49.4 Å². The lowest BCUT2D eigenvalue weighted by Gasteiger charge is -2.09. The van der Waals surface area contributed by atoms with Crippen molar-refractivity contribution in [3.63, 3.8) is 0 Å². The summed E-state index contributed by atoms with van der Waals surface area (Å²) in [5.41, 5.74) is 2.43. The summed E-state index contributed by atoms with van der Waals surface area (Å²) < 4.78 is 6.26. The Hall–Kier alpha value is -1.99. The van der Waals surface area contributed by atoms with E-state index in [2.05, 4.69) is 27.3 Å². The van der Waals surface area contributed by atoms with E-state index in [0.29, 0.717) is 12.2 Å². The third kappa shape index (κ3) is 3.73. The van der Waals surface area contributed by atoms with Gasteiger partial charge >= 0.3 is 0 Å². The predicted octanol–water partition coefficient (Wildman–Crippen LogP) is 4.46. The van der Waals surface area contributed by atoms with Gasteiger partial charge in [0.1, 0.15) is 5.75 Å². The summed E-state index contributed by atoms with van der Waals surface area (Å²) in [5, 5.41) is 12.2. The Kier molecular flexibility index (Phi) is 4.43. The van der Waals surface area contributed by atoms with Gasteiger partial charge in [-0.25, -0.2) is 0 Å². The summed E-state index contributed by atoms with van der Waals surface area (Å²) in [6.07, 6.45) is 0. The molecule has 0 amide bonds. The molecule has 0 unspecified atom stereocenters. The summed E-state index contributed by atoms with van der Waals surface area (Å²) in [5.74, 6) is 0.847. The number of hydrogen-bond acceptors (Lipinski definition) is 3. The first-order chi connectivity index (χ1) is 9.21. The van der Waals surface area contributed by atoms with Crippen molar-refractivity contribution in [1.82, 2.24) is 0 Å². The molecule has 2 aromatic rings. The van der Waals surface area contributed by atoms with Gasteiger partial charge in [-0.2, -0.15) is 5.26 Å². The number of hydrogen-bond donors (Lipinski definition) is 1. The zero-order chi connectivity index (χ0) is 13.7. The molecule has 96 valence electrons. The second kappa shape index (κ2) is 6.26. The Balaban J connectivity index is 2.17. The van der Waals surface area contributed by atoms with Crippen molar-refractivity contribution in [3.05, 3.63) is 52.5 Å². The summed E-state index contributed by atoms with van der Waals surface area (Å²) in [7, 11) is 0. The quantitative estimate of drug-likeness (QED) is 0.905. The molecule has 0 aliphatic carbocycles. The van der Waals surface area contributed by atoms with Crippen LogP contribution in [0.1, 0.15) is 12.5 Å². The number of nitriles is 1. The standard InChI is InChI=1S/C15H13BrN2O/c1-2-19-15-5-3-13(4-6-15)18-14-8-11(10-17)7-12(16)9-14/h3-9,18H,2H2,1H3. The molecular weight excluding hydrogens is 304 g/mol. The Labute approximate surface area is 121 Å². The van der Waals surface area contributed by atoms with Crippen molar-refractivity contribution in [3.8, 4) is 11.8 Å². The number of halogens is 1. The maximum Gasteiger partial charge on any atom is 0.119 e. The molecule has 2 aromatic carbocycles. The molecule has 0 aliphatic heterocycles. The molecule has 0 heterocycles. The number of rotatable bonds is 4. The van der Waals surface area contributed by atoms with E-state index < -0.39 is 0 Å². The molecule has 2 rings (SSSR count). The highest BCUT2D eigenvalue weighted by Crippen LogP contribution is 2.24. The van der Waals surface area contributed by atoms with E-state index in [0.717, 1.165) is 21.6 Å². The molecule has 0 aliphatic rings. The highest BCUT2D eigenvalue weighted by Gasteiger charge is 2.00. The van der Waals surface area contributed by atoms with Crippen LogP contribution in [-0.2, 0) is 0 Å². The summed E-state index contributed by atoms with van der Waals surface area (Å²) >= 11 is 3.39. The molecule has 0 atom stereocenters. The average Bonchev–Trinajstić information content (AvgIpc) is 2.40. The molecule has 0 aromatic heterocycles. The molecule has 0 fully saturated rings. The number of anilines is 2. The first kappa shape index (κ1) is 13.4. The van der Waals surface area contributed by atoms with Crippen molar-refractivity contribution in [2.75, 3.05) is 11.9 Å². The topological polar surface area (TPSA) is 45.0 Å². The Morgan fingerprint density at radius 3 is 2.53 bits per heavy atom. The normalized spacial score (nSPS) is 9.74. The van der Waals surface area contributed by atoms with Crippen LogP contribution in [0.3, 0.4) is 0 Å². The van der Waals surface area contributed by atoms with E-state index in [1.54, 1.807) is 12.1 Å². The zero-order valence-electron chi connectivity index (χ0n) is 10.5. The van der Waals surface area contributed by atoms with Gasteiger partial charge in [0.25, 0.3) is 0 Å². The average molecular weight is 317 g/mol. The van der Waals surface area contributed by atoms with Gasteiger partial charge in [-0.1, -0.05) is 15.9 Å². The number of nitrogens with one attached hydrogen (secondary N) is 1. The van der Waals surface area contributed by atoms with Crippen LogP contribution < -0.4 is 10.1 Å². The number of ether oxygens (including phenoxy) is 1. The predicted molar refractivity (Wildman–Crippen MR) is 79.8 cm³/mol. The first-order valence-corrected chi connectivity index (χ1v) is 6.71. The molecule has 0 radical (unpaired) electrons. The van der Waals surface area contributed by atoms with E-state index in [-0.39, 0.29) is 0 Å². The number of benzene rings is 2. The van der Waals surface area contributed by atoms with Gasteiger partial charge in [0.2, 0.25) is 0 Å². The lowest BCUT2D eigenvalue weighted by Crippen LogP contribution is -1.93. The van der Waals surface area contributed by atoms with Crippen LogP contribution in [0.2, 0.25) is 0 Å². The molecule has 1 N–H and O–H groups in total. The summed E-state index contributed by atoms with van der Waals surface area (Å²) in [6, 6.07) is 15.4. The van der Waals surface area contributed by atoms with Gasteiger partial charge in [0.15, 0.2) is 0 Å². The van der Waals surface area contributed by atoms with E-state index in [1.807, 2.05) is 37.3 Å². The van der Waals surface area contributed by atoms with Gasteiger partial charge in [0, 0.05) is 15.8 Å². The van der Waals surface area contributed by atoms with E-state index in [9.17, 15) is 0 Å². The highest BCUT2D eigenvalue weighted by atomic mass is 79.9. The van der Waals surface area contributed by atoms with Crippen molar-refractivity contribution >= 4 is 27.3 Å². The molecule has 3 nitrogen and oxygen atoms in total. The zero-order valence-corrected chi connectivity index (χ0v) is 12.1. The van der Waals surface area contributed by atoms with Gasteiger partial charge in [0.05, 0.1) is 18.2 Å². The minimum Gasteiger partial charge on any atom is -0.494 e. The van der Waals surface area contributed by atoms with Crippen molar-refractivity contribution in [2.45, 2.75) is 6.92 Å². The molecular formula is C15H13BrN2O. The second-order valence-electron chi connectivity index (χ2n) is 3.92. The minimum absolute atomic E-state index is 0.614. The SMILES string of the molecule is CCOc1ccc(Nc2cc(Br)cc(C#N)c2)cc1. The van der Waals surface area contributed by atoms with Gasteiger partial charge in [-0.3, -0.25) is 0 Å². The Morgan fingerprint density at radius 2 is 1.89 bits per heavy atom. The summed E-state index contributed by atoms with van der Waals surface area (Å²) in [4.78, 5) is 0. The molecule has 19 heavy (non-hydrogen) atoms. The monoisotopic (exact) mass is 316 g/mol. The third-order valence-corrected chi connectivity index (χ3v) is 2.94. The fourth-order valence-electron chi connectivity index (χ4n) is 1.69. The van der Waals surface area contributed by atoms with E-state index in [1.165, 1.54) is 0 Å². The largest absolute Gasteiger partial charge is 0.494 e. The van der Waals surface area contributed by atoms with Crippen LogP contribution in [0.25, 0.3) is 0 Å². The fourth-order valence-corrected chi connectivity index (χ4v) is 2.19. The van der Waals surface area contributed by atoms with E-state index in [4.69, 9.17) is 10.00 Å². The van der Waals surface area contributed by atoms with Gasteiger partial charge < -0.3 is 10.1 Å². The lowest BCUT2D eigenvalue weighted by atomic mass is 10.2. The van der Waals surface area contributed by atoms with Crippen molar-refractivity contribution < 1.29 is 4.74 Å². The maximum atomic E-state index is 8.93. The van der Waals surface area contributed by atoms with Gasteiger partial charge in [-0.15, -0.1) is 0 Å². The number of nitrogens with zero attached hydrogens (tertiary/aromatic N) is 1. The smallest absolute Gasteiger partial charge is 0.119 e. The fraction of sp³-hybridized carbons (Fsp3) is 0.133. The van der Waals surface area contributed by atoms with Crippen molar-refractivity contribution in [2.24, 2.45) is 0 Å². The molecule has 0 bridgehead atoms. The summed E-state index contributed by atoms with van der Waals surface area (Å²) in [6.45, 7) is 2.61. The van der Waals surface area contributed by atoms with Crippen LogP contribution in [0.15, 0.2) is 46.9 Å². The van der Waals surface area contributed by atoms with Crippen LogP contribution in [0.5, 0.6) is 5.75 Å². The molecule has 0 saturated heterocycles.